The molecule has 156 valence electrons. The minimum Gasteiger partial charge on any atom is -0.506 e. The number of aryl methyl sites for hydroxylation is 1. The maximum Gasteiger partial charge on any atom is 0.245 e. The normalized spacial score (nSPS) is 16.7. The van der Waals surface area contributed by atoms with Crippen molar-refractivity contribution in [1.82, 2.24) is 30.1 Å². The van der Waals surface area contributed by atoms with Crippen LogP contribution >= 0.6 is 0 Å². The molecule has 1 atom stereocenters. The van der Waals surface area contributed by atoms with Gasteiger partial charge in [-0.3, -0.25) is 4.98 Å². The molecular formula is C21H26N8O. The van der Waals surface area contributed by atoms with Gasteiger partial charge in [-0.25, -0.2) is 15.0 Å². The van der Waals surface area contributed by atoms with Crippen LogP contribution < -0.4 is 10.2 Å². The van der Waals surface area contributed by atoms with Gasteiger partial charge in [0.25, 0.3) is 0 Å². The van der Waals surface area contributed by atoms with Gasteiger partial charge in [-0.15, -0.1) is 10.2 Å². The first kappa shape index (κ1) is 19.9. The number of hydrogen-bond acceptors (Lipinski definition) is 9. The molecule has 3 aromatic heterocycles. The van der Waals surface area contributed by atoms with Crippen LogP contribution in [0.1, 0.15) is 32.4 Å². The van der Waals surface area contributed by atoms with Crippen LogP contribution in [0.5, 0.6) is 5.75 Å². The van der Waals surface area contributed by atoms with Crippen LogP contribution in [0.4, 0.5) is 17.5 Å². The van der Waals surface area contributed by atoms with Gasteiger partial charge in [-0.2, -0.15) is 0 Å². The Morgan fingerprint density at radius 1 is 1.07 bits per heavy atom. The van der Waals surface area contributed by atoms with E-state index in [-0.39, 0.29) is 5.75 Å². The fourth-order valence-corrected chi connectivity index (χ4v) is 3.58. The molecule has 1 aliphatic heterocycles. The van der Waals surface area contributed by atoms with E-state index in [0.29, 0.717) is 40.7 Å². The summed E-state index contributed by atoms with van der Waals surface area (Å²) < 4.78 is 0. The summed E-state index contributed by atoms with van der Waals surface area (Å²) >= 11 is 0. The van der Waals surface area contributed by atoms with E-state index >= 15 is 0 Å². The Labute approximate surface area is 175 Å². The van der Waals surface area contributed by atoms with Crippen LogP contribution in [0.15, 0.2) is 30.9 Å². The summed E-state index contributed by atoms with van der Waals surface area (Å²) in [5, 5.41) is 22.0. The number of rotatable bonds is 5. The van der Waals surface area contributed by atoms with E-state index in [1.807, 2.05) is 6.92 Å². The highest BCUT2D eigenvalue weighted by Crippen LogP contribution is 2.29. The van der Waals surface area contributed by atoms with Gasteiger partial charge in [0, 0.05) is 19.2 Å². The fraction of sp³-hybridized carbons (Fsp3) is 0.429. The second-order valence-corrected chi connectivity index (χ2v) is 8.00. The lowest BCUT2D eigenvalue weighted by atomic mass is 9.88. The lowest BCUT2D eigenvalue weighted by Crippen LogP contribution is -2.38. The second-order valence-electron chi connectivity index (χ2n) is 8.00. The average Bonchev–Trinajstić information content (AvgIpc) is 2.76. The van der Waals surface area contributed by atoms with Gasteiger partial charge < -0.3 is 15.3 Å². The first-order chi connectivity index (χ1) is 14.5. The third-order valence-corrected chi connectivity index (χ3v) is 5.40. The highest BCUT2D eigenvalue weighted by molar-refractivity contribution is 5.66. The maximum atomic E-state index is 10.4. The van der Waals surface area contributed by atoms with Crippen molar-refractivity contribution in [3.8, 4) is 17.1 Å². The Bertz CT molecular complexity index is 991. The highest BCUT2D eigenvalue weighted by Gasteiger charge is 2.24. The van der Waals surface area contributed by atoms with Crippen molar-refractivity contribution in [2.75, 3.05) is 23.3 Å². The summed E-state index contributed by atoms with van der Waals surface area (Å²) in [7, 11) is 0. The number of piperidine rings is 1. The molecule has 3 aromatic rings. The third-order valence-electron chi connectivity index (χ3n) is 5.40. The number of aromatic nitrogens is 6. The van der Waals surface area contributed by atoms with Crippen LogP contribution in [0.25, 0.3) is 11.4 Å². The summed E-state index contributed by atoms with van der Waals surface area (Å²) in [5.41, 5.74) is 2.19. The molecule has 4 heterocycles. The molecular weight excluding hydrogens is 380 g/mol. The van der Waals surface area contributed by atoms with E-state index in [1.165, 1.54) is 6.42 Å². The first-order valence-corrected chi connectivity index (χ1v) is 10.2. The molecule has 0 aromatic carbocycles. The zero-order valence-corrected chi connectivity index (χ0v) is 17.4. The van der Waals surface area contributed by atoms with E-state index in [4.69, 9.17) is 0 Å². The molecule has 9 heteroatoms. The number of aromatic hydroxyl groups is 1. The monoisotopic (exact) mass is 406 g/mol. The summed E-state index contributed by atoms with van der Waals surface area (Å²) in [4.78, 5) is 19.4. The highest BCUT2D eigenvalue weighted by atomic mass is 16.3. The van der Waals surface area contributed by atoms with Crippen molar-refractivity contribution in [2.45, 2.75) is 33.6 Å². The molecule has 0 amide bonds. The van der Waals surface area contributed by atoms with Gasteiger partial charge in [0.15, 0.2) is 0 Å². The standard InChI is InChI=1S/C21H26N8O/c1-13(2)15-5-4-6-29(12-15)21-25-10-17(27-28-21)20-18(30)7-16(9-24-20)26-19-11-22-14(3)8-23-19/h7-11,13,15,30H,4-6,12H2,1-3H3,(H,23,26)/t15-/m1/s1. The summed E-state index contributed by atoms with van der Waals surface area (Å²) in [5.74, 6) is 2.47. The molecule has 4 rings (SSSR count). The smallest absolute Gasteiger partial charge is 0.245 e. The molecule has 0 saturated carbocycles. The molecule has 1 saturated heterocycles. The molecule has 2 N–H and O–H groups in total. The molecule has 1 aliphatic rings. The van der Waals surface area contributed by atoms with Crippen molar-refractivity contribution < 1.29 is 5.11 Å². The topological polar surface area (TPSA) is 113 Å². The van der Waals surface area contributed by atoms with Crippen LogP contribution in [-0.4, -0.2) is 48.3 Å². The van der Waals surface area contributed by atoms with Gasteiger partial charge in [0.05, 0.1) is 36.2 Å². The minimum absolute atomic E-state index is 0.0123. The predicted octanol–water partition coefficient (Wildman–Crippen LogP) is 3.35. The lowest BCUT2D eigenvalue weighted by Gasteiger charge is -2.34. The zero-order valence-electron chi connectivity index (χ0n) is 17.4. The Balaban J connectivity index is 1.48. The first-order valence-electron chi connectivity index (χ1n) is 10.2. The molecule has 0 spiro atoms. The van der Waals surface area contributed by atoms with Gasteiger partial charge in [-0.05, 0) is 31.6 Å². The molecule has 1 fully saturated rings. The van der Waals surface area contributed by atoms with Crippen LogP contribution in [0.3, 0.4) is 0 Å². The van der Waals surface area contributed by atoms with Crippen molar-refractivity contribution in [3.63, 3.8) is 0 Å². The second kappa shape index (κ2) is 8.56. The minimum atomic E-state index is -0.0123. The van der Waals surface area contributed by atoms with Crippen molar-refractivity contribution in [1.29, 1.82) is 0 Å². The van der Waals surface area contributed by atoms with Crippen molar-refractivity contribution >= 4 is 17.5 Å². The summed E-state index contributed by atoms with van der Waals surface area (Å²) in [6.07, 6.45) is 8.88. The summed E-state index contributed by atoms with van der Waals surface area (Å²) in [6.45, 7) is 8.28. The zero-order chi connectivity index (χ0) is 21.1. The van der Waals surface area contributed by atoms with E-state index < -0.39 is 0 Å². The van der Waals surface area contributed by atoms with Gasteiger partial charge in [-0.1, -0.05) is 13.8 Å². The number of hydrogen-bond donors (Lipinski definition) is 2. The van der Waals surface area contributed by atoms with Crippen LogP contribution in [0, 0.1) is 18.8 Å². The third kappa shape index (κ3) is 4.45. The van der Waals surface area contributed by atoms with E-state index in [0.717, 1.165) is 25.2 Å². The van der Waals surface area contributed by atoms with Gasteiger partial charge >= 0.3 is 0 Å². The number of nitrogens with zero attached hydrogens (tertiary/aromatic N) is 7. The van der Waals surface area contributed by atoms with Crippen molar-refractivity contribution in [2.24, 2.45) is 11.8 Å². The van der Waals surface area contributed by atoms with Crippen LogP contribution in [0.2, 0.25) is 0 Å². The van der Waals surface area contributed by atoms with Gasteiger partial charge in [0.1, 0.15) is 23.0 Å². The quantitative estimate of drug-likeness (QED) is 0.658. The molecule has 0 aliphatic carbocycles. The molecule has 0 unspecified atom stereocenters. The predicted molar refractivity (Wildman–Crippen MR) is 115 cm³/mol. The van der Waals surface area contributed by atoms with E-state index in [1.54, 1.807) is 30.9 Å². The Morgan fingerprint density at radius 3 is 2.60 bits per heavy atom. The van der Waals surface area contributed by atoms with Crippen molar-refractivity contribution in [3.05, 3.63) is 36.5 Å². The molecule has 9 nitrogen and oxygen atoms in total. The Kier molecular flexibility index (Phi) is 5.69. The molecule has 30 heavy (non-hydrogen) atoms. The SMILES string of the molecule is Cc1cnc(Nc2cnc(-c3cnc(N4CCC[C@@H](C(C)C)C4)nn3)c(O)c2)cn1. The molecule has 0 radical (unpaired) electrons. The van der Waals surface area contributed by atoms with E-state index in [9.17, 15) is 5.11 Å². The number of pyridine rings is 1. The number of anilines is 3. The number of nitrogens with one attached hydrogen (secondary N) is 1. The Hall–Kier alpha value is -3.36. The lowest BCUT2D eigenvalue weighted by molar-refractivity contribution is 0.319. The van der Waals surface area contributed by atoms with Crippen LogP contribution in [-0.2, 0) is 0 Å². The fourth-order valence-electron chi connectivity index (χ4n) is 3.58. The average molecular weight is 406 g/mol. The van der Waals surface area contributed by atoms with E-state index in [2.05, 4.69) is 54.2 Å². The Morgan fingerprint density at radius 2 is 1.93 bits per heavy atom. The summed E-state index contributed by atoms with van der Waals surface area (Å²) in [6, 6.07) is 1.57. The van der Waals surface area contributed by atoms with Gasteiger partial charge in [0.2, 0.25) is 5.95 Å². The maximum absolute atomic E-state index is 10.4. The largest absolute Gasteiger partial charge is 0.506 e. The molecule has 0 bridgehead atoms.